The van der Waals surface area contributed by atoms with E-state index in [1.165, 1.54) is 17.7 Å². The van der Waals surface area contributed by atoms with Crippen molar-refractivity contribution in [2.75, 3.05) is 6.61 Å². The summed E-state index contributed by atoms with van der Waals surface area (Å²) in [7, 11) is 0. The summed E-state index contributed by atoms with van der Waals surface area (Å²) in [6.45, 7) is 0.690. The molecular weight excluding hydrogens is 271 g/mol. The lowest BCUT2D eigenvalue weighted by Crippen LogP contribution is -2.02. The monoisotopic (exact) mass is 288 g/mol. The van der Waals surface area contributed by atoms with Crippen LogP contribution in [0, 0.1) is 5.82 Å². The molecule has 21 heavy (non-hydrogen) atoms. The number of hydrogen-bond acceptors (Lipinski definition) is 2. The maximum atomic E-state index is 13.6. The maximum absolute atomic E-state index is 13.6. The Morgan fingerprint density at radius 2 is 1.90 bits per heavy atom. The van der Waals surface area contributed by atoms with Crippen molar-refractivity contribution in [1.29, 1.82) is 0 Å². The number of ether oxygens (including phenoxy) is 1. The van der Waals surface area contributed by atoms with Gasteiger partial charge in [0.2, 0.25) is 0 Å². The second kappa shape index (κ2) is 7.55. The third-order valence-corrected chi connectivity index (χ3v) is 3.15. The fraction of sp³-hybridized carbons (Fsp3) is 0.235. The lowest BCUT2D eigenvalue weighted by molar-refractivity contribution is 0.0696. The van der Waals surface area contributed by atoms with Gasteiger partial charge in [-0.3, -0.25) is 0 Å². The minimum Gasteiger partial charge on any atom is -0.478 e. The van der Waals surface area contributed by atoms with Gasteiger partial charge in [0.15, 0.2) is 0 Å². The van der Waals surface area contributed by atoms with Crippen molar-refractivity contribution in [3.63, 3.8) is 0 Å². The average molecular weight is 288 g/mol. The van der Waals surface area contributed by atoms with E-state index in [2.05, 4.69) is 12.1 Å². The van der Waals surface area contributed by atoms with Crippen LogP contribution in [0.15, 0.2) is 48.5 Å². The smallest absolute Gasteiger partial charge is 0.335 e. The van der Waals surface area contributed by atoms with Crippen LogP contribution in [0.25, 0.3) is 0 Å². The molecule has 0 saturated heterocycles. The van der Waals surface area contributed by atoms with E-state index in [1.54, 1.807) is 0 Å². The first-order valence-electron chi connectivity index (χ1n) is 6.80. The molecular formula is C17H17FO3. The van der Waals surface area contributed by atoms with E-state index in [0.29, 0.717) is 12.2 Å². The van der Waals surface area contributed by atoms with Gasteiger partial charge in [-0.15, -0.1) is 0 Å². The SMILES string of the molecule is O=C(O)c1ccc(COCCCc2ccccc2)c(F)c1. The zero-order valence-electron chi connectivity index (χ0n) is 11.6. The molecule has 0 spiro atoms. The fourth-order valence-corrected chi connectivity index (χ4v) is 2.00. The molecule has 0 aromatic heterocycles. The van der Waals surface area contributed by atoms with Crippen LogP contribution in [-0.2, 0) is 17.8 Å². The zero-order valence-corrected chi connectivity index (χ0v) is 11.6. The third kappa shape index (κ3) is 4.68. The first-order chi connectivity index (χ1) is 10.2. The minimum atomic E-state index is -1.13. The number of carboxylic acids is 1. The highest BCUT2D eigenvalue weighted by Gasteiger charge is 2.08. The Balaban J connectivity index is 1.75. The standard InChI is InChI=1S/C17H17FO3/c18-16-11-14(17(19)20)8-9-15(16)12-21-10-4-7-13-5-2-1-3-6-13/h1-3,5-6,8-9,11H,4,7,10,12H2,(H,19,20). The summed E-state index contributed by atoms with van der Waals surface area (Å²) in [6, 6.07) is 13.9. The Bertz CT molecular complexity index is 596. The quantitative estimate of drug-likeness (QED) is 0.791. The molecule has 1 N–H and O–H groups in total. The summed E-state index contributed by atoms with van der Waals surface area (Å²) < 4.78 is 19.1. The Morgan fingerprint density at radius 3 is 2.57 bits per heavy atom. The van der Waals surface area contributed by atoms with Gasteiger partial charge in [0.25, 0.3) is 0 Å². The molecule has 0 aliphatic heterocycles. The van der Waals surface area contributed by atoms with Crippen LogP contribution in [0.3, 0.4) is 0 Å². The van der Waals surface area contributed by atoms with Gasteiger partial charge < -0.3 is 9.84 Å². The third-order valence-electron chi connectivity index (χ3n) is 3.15. The van der Waals surface area contributed by atoms with E-state index in [0.717, 1.165) is 18.9 Å². The molecule has 0 aliphatic carbocycles. The number of carbonyl (C=O) groups is 1. The fourth-order valence-electron chi connectivity index (χ4n) is 2.00. The highest BCUT2D eigenvalue weighted by atomic mass is 19.1. The minimum absolute atomic E-state index is 0.0553. The molecule has 0 atom stereocenters. The Kier molecular flexibility index (Phi) is 5.46. The molecule has 4 heteroatoms. The lowest BCUT2D eigenvalue weighted by Gasteiger charge is -2.06. The van der Waals surface area contributed by atoms with E-state index in [1.807, 2.05) is 18.2 Å². The molecule has 2 rings (SSSR count). The van der Waals surface area contributed by atoms with E-state index in [9.17, 15) is 9.18 Å². The number of aryl methyl sites for hydroxylation is 1. The van der Waals surface area contributed by atoms with Crippen molar-refractivity contribution in [1.82, 2.24) is 0 Å². The average Bonchev–Trinajstić information content (AvgIpc) is 2.49. The van der Waals surface area contributed by atoms with Crippen molar-refractivity contribution >= 4 is 5.97 Å². The van der Waals surface area contributed by atoms with Gasteiger partial charge in [0.05, 0.1) is 12.2 Å². The molecule has 0 saturated carbocycles. The highest BCUT2D eigenvalue weighted by molar-refractivity contribution is 5.87. The van der Waals surface area contributed by atoms with Gasteiger partial charge in [-0.2, -0.15) is 0 Å². The number of aromatic carboxylic acids is 1. The number of hydrogen-bond donors (Lipinski definition) is 1. The van der Waals surface area contributed by atoms with E-state index < -0.39 is 11.8 Å². The normalized spacial score (nSPS) is 10.5. The van der Waals surface area contributed by atoms with E-state index in [4.69, 9.17) is 9.84 Å². The highest BCUT2D eigenvalue weighted by Crippen LogP contribution is 2.12. The molecule has 0 fully saturated rings. The molecule has 0 bridgehead atoms. The predicted octanol–water partition coefficient (Wildman–Crippen LogP) is 3.67. The topological polar surface area (TPSA) is 46.5 Å². The van der Waals surface area contributed by atoms with Gasteiger partial charge in [0, 0.05) is 12.2 Å². The number of halogens is 1. The van der Waals surface area contributed by atoms with Crippen LogP contribution in [-0.4, -0.2) is 17.7 Å². The van der Waals surface area contributed by atoms with Crippen molar-refractivity contribution in [2.45, 2.75) is 19.4 Å². The molecule has 0 heterocycles. The Morgan fingerprint density at radius 1 is 1.14 bits per heavy atom. The first kappa shape index (κ1) is 15.2. The lowest BCUT2D eigenvalue weighted by atomic mass is 10.1. The van der Waals surface area contributed by atoms with Crippen molar-refractivity contribution in [3.8, 4) is 0 Å². The summed E-state index contributed by atoms with van der Waals surface area (Å²) in [6.07, 6.45) is 1.78. The van der Waals surface area contributed by atoms with Crippen LogP contribution in [0.2, 0.25) is 0 Å². The molecule has 2 aromatic rings. The molecule has 2 aromatic carbocycles. The molecule has 110 valence electrons. The molecule has 3 nitrogen and oxygen atoms in total. The molecule has 0 aliphatic rings. The van der Waals surface area contributed by atoms with Crippen LogP contribution < -0.4 is 0 Å². The summed E-state index contributed by atoms with van der Waals surface area (Å²) in [5.41, 5.74) is 1.57. The Hall–Kier alpha value is -2.20. The predicted molar refractivity (Wildman–Crippen MR) is 77.8 cm³/mol. The van der Waals surface area contributed by atoms with Crippen LogP contribution in [0.5, 0.6) is 0 Å². The van der Waals surface area contributed by atoms with Crippen molar-refractivity contribution in [3.05, 3.63) is 71.0 Å². The second-order valence-corrected chi connectivity index (χ2v) is 4.75. The molecule has 0 radical (unpaired) electrons. The van der Waals surface area contributed by atoms with Gasteiger partial charge >= 0.3 is 5.97 Å². The van der Waals surface area contributed by atoms with Crippen molar-refractivity contribution in [2.24, 2.45) is 0 Å². The largest absolute Gasteiger partial charge is 0.478 e. The van der Waals surface area contributed by atoms with Crippen molar-refractivity contribution < 1.29 is 19.0 Å². The Labute approximate surface area is 123 Å². The van der Waals surface area contributed by atoms with E-state index >= 15 is 0 Å². The summed E-state index contributed by atoms with van der Waals surface area (Å²) in [5, 5.41) is 8.76. The number of carboxylic acid groups (broad SMARTS) is 1. The van der Waals surface area contributed by atoms with E-state index in [-0.39, 0.29) is 12.2 Å². The summed E-state index contributed by atoms with van der Waals surface area (Å²) >= 11 is 0. The van der Waals surface area contributed by atoms with Crippen LogP contribution >= 0.6 is 0 Å². The summed E-state index contributed by atoms with van der Waals surface area (Å²) in [4.78, 5) is 10.7. The summed E-state index contributed by atoms with van der Waals surface area (Å²) in [5.74, 6) is -1.68. The number of rotatable bonds is 7. The van der Waals surface area contributed by atoms with Gasteiger partial charge in [-0.05, 0) is 30.5 Å². The molecule has 0 unspecified atom stereocenters. The van der Waals surface area contributed by atoms with Gasteiger partial charge in [-0.1, -0.05) is 36.4 Å². The van der Waals surface area contributed by atoms with Crippen LogP contribution in [0.1, 0.15) is 27.9 Å². The number of benzene rings is 2. The zero-order chi connectivity index (χ0) is 15.1. The van der Waals surface area contributed by atoms with Gasteiger partial charge in [-0.25, -0.2) is 9.18 Å². The van der Waals surface area contributed by atoms with Crippen LogP contribution in [0.4, 0.5) is 4.39 Å². The van der Waals surface area contributed by atoms with Gasteiger partial charge in [0.1, 0.15) is 5.82 Å². The maximum Gasteiger partial charge on any atom is 0.335 e. The first-order valence-corrected chi connectivity index (χ1v) is 6.80. The second-order valence-electron chi connectivity index (χ2n) is 4.75. The molecule has 0 amide bonds.